The van der Waals surface area contributed by atoms with E-state index in [1.54, 1.807) is 0 Å². The van der Waals surface area contributed by atoms with Crippen molar-refractivity contribution in [2.45, 2.75) is 309 Å². The fraction of sp³-hybridized carbons (Fsp3) is 0.877. The molecule has 0 N–H and O–H groups in total. The van der Waals surface area contributed by atoms with Gasteiger partial charge in [-0.1, -0.05) is 238 Å². The highest BCUT2D eigenvalue weighted by Gasteiger charge is 2.19. The number of allylic oxidation sites excluding steroid dienone is 4. The molecule has 0 amide bonds. The molecule has 0 aromatic carbocycles. The Morgan fingerprint density at radius 1 is 0.302 bits per heavy atom. The first kappa shape index (κ1) is 60.9. The predicted molar refractivity (Wildman–Crippen MR) is 270 cm³/mol. The summed E-state index contributed by atoms with van der Waals surface area (Å²) in [6, 6.07) is 0. The van der Waals surface area contributed by atoms with Crippen LogP contribution in [-0.4, -0.2) is 37.2 Å². The van der Waals surface area contributed by atoms with E-state index in [9.17, 15) is 14.4 Å². The van der Waals surface area contributed by atoms with E-state index in [2.05, 4.69) is 45.1 Å². The monoisotopic (exact) mass is 887 g/mol. The summed E-state index contributed by atoms with van der Waals surface area (Å²) in [4.78, 5) is 38.0. The van der Waals surface area contributed by atoms with Crippen LogP contribution < -0.4 is 0 Å². The van der Waals surface area contributed by atoms with Crippen LogP contribution in [0, 0.1) is 0 Å². The number of hydrogen-bond acceptors (Lipinski definition) is 6. The van der Waals surface area contributed by atoms with Gasteiger partial charge in [0.1, 0.15) is 13.2 Å². The van der Waals surface area contributed by atoms with Gasteiger partial charge in [-0.25, -0.2) is 0 Å². The van der Waals surface area contributed by atoms with Crippen LogP contribution in [0.4, 0.5) is 0 Å². The Morgan fingerprint density at radius 3 is 0.810 bits per heavy atom. The van der Waals surface area contributed by atoms with Crippen LogP contribution in [0.15, 0.2) is 24.3 Å². The number of rotatable bonds is 51. The minimum Gasteiger partial charge on any atom is -0.462 e. The van der Waals surface area contributed by atoms with Crippen molar-refractivity contribution in [1.82, 2.24) is 0 Å². The molecular weight excluding hydrogens is 781 g/mol. The minimum atomic E-state index is -0.774. The summed E-state index contributed by atoms with van der Waals surface area (Å²) >= 11 is 0. The van der Waals surface area contributed by atoms with Crippen LogP contribution >= 0.6 is 0 Å². The van der Waals surface area contributed by atoms with Crippen molar-refractivity contribution >= 4 is 17.9 Å². The van der Waals surface area contributed by atoms with Crippen LogP contribution in [-0.2, 0) is 28.6 Å². The van der Waals surface area contributed by atoms with E-state index in [1.807, 2.05) is 0 Å². The van der Waals surface area contributed by atoms with E-state index < -0.39 is 6.10 Å². The number of carbonyl (C=O) groups is 3. The second-order valence-corrected chi connectivity index (χ2v) is 18.8. The molecule has 1 unspecified atom stereocenters. The van der Waals surface area contributed by atoms with Crippen molar-refractivity contribution in [3.8, 4) is 0 Å². The van der Waals surface area contributed by atoms with E-state index in [4.69, 9.17) is 14.2 Å². The molecule has 63 heavy (non-hydrogen) atoms. The number of esters is 3. The first-order chi connectivity index (χ1) is 31.0. The molecule has 0 aliphatic rings. The van der Waals surface area contributed by atoms with Gasteiger partial charge in [0.15, 0.2) is 6.10 Å². The normalized spacial score (nSPS) is 12.1. The van der Waals surface area contributed by atoms with Gasteiger partial charge in [-0.05, 0) is 70.6 Å². The van der Waals surface area contributed by atoms with Gasteiger partial charge in [0.25, 0.3) is 0 Å². The van der Waals surface area contributed by atoms with Gasteiger partial charge in [0.2, 0.25) is 0 Å². The lowest BCUT2D eigenvalue weighted by molar-refractivity contribution is -0.167. The highest BCUT2D eigenvalue weighted by molar-refractivity contribution is 5.71. The standard InChI is InChI=1S/C57H106O6/c1-4-7-10-13-16-19-22-25-26-27-28-29-30-33-35-38-41-44-47-50-56(59)62-53-54(63-57(60)51-48-45-42-39-36-32-24-21-18-15-12-9-6-3)52-61-55(58)49-46-43-40-37-34-31-23-20-17-14-11-8-5-2/h20-21,23-24,54H,4-19,22,25-53H2,1-3H3/b23-20-,24-21-. The van der Waals surface area contributed by atoms with E-state index in [1.165, 1.54) is 193 Å². The summed E-state index contributed by atoms with van der Waals surface area (Å²) in [5.74, 6) is -0.875. The molecule has 0 aromatic heterocycles. The quantitative estimate of drug-likeness (QED) is 0.0262. The minimum absolute atomic E-state index is 0.0731. The fourth-order valence-electron chi connectivity index (χ4n) is 8.20. The number of unbranched alkanes of at least 4 members (excludes halogenated alkanes) is 36. The van der Waals surface area contributed by atoms with E-state index >= 15 is 0 Å². The Balaban J connectivity index is 4.30. The zero-order valence-corrected chi connectivity index (χ0v) is 42.4. The molecule has 0 rings (SSSR count). The molecule has 0 aliphatic carbocycles. The molecule has 370 valence electrons. The summed E-state index contributed by atoms with van der Waals surface area (Å²) in [7, 11) is 0. The zero-order valence-electron chi connectivity index (χ0n) is 42.4. The number of carbonyl (C=O) groups excluding carboxylic acids is 3. The highest BCUT2D eigenvalue weighted by Crippen LogP contribution is 2.16. The molecular formula is C57H106O6. The Morgan fingerprint density at radius 2 is 0.524 bits per heavy atom. The van der Waals surface area contributed by atoms with Crippen LogP contribution in [0.25, 0.3) is 0 Å². The molecule has 0 radical (unpaired) electrons. The molecule has 6 heteroatoms. The Kier molecular flexibility index (Phi) is 50.8. The molecule has 0 fully saturated rings. The lowest BCUT2D eigenvalue weighted by atomic mass is 10.0. The lowest BCUT2D eigenvalue weighted by Crippen LogP contribution is -2.30. The van der Waals surface area contributed by atoms with Crippen LogP contribution in [0.1, 0.15) is 303 Å². The lowest BCUT2D eigenvalue weighted by Gasteiger charge is -2.18. The summed E-state index contributed by atoms with van der Waals surface area (Å²) in [6.07, 6.45) is 60.2. The van der Waals surface area contributed by atoms with Crippen molar-refractivity contribution in [2.24, 2.45) is 0 Å². The smallest absolute Gasteiger partial charge is 0.306 e. The van der Waals surface area contributed by atoms with Gasteiger partial charge in [0, 0.05) is 19.3 Å². The third-order valence-corrected chi connectivity index (χ3v) is 12.4. The largest absolute Gasteiger partial charge is 0.462 e. The van der Waals surface area contributed by atoms with Crippen molar-refractivity contribution in [2.75, 3.05) is 13.2 Å². The number of ether oxygens (including phenoxy) is 3. The van der Waals surface area contributed by atoms with Crippen molar-refractivity contribution in [3.05, 3.63) is 24.3 Å². The molecule has 1 atom stereocenters. The molecule has 0 bridgehead atoms. The first-order valence-corrected chi connectivity index (χ1v) is 27.8. The average molecular weight is 887 g/mol. The van der Waals surface area contributed by atoms with Crippen molar-refractivity contribution < 1.29 is 28.6 Å². The zero-order chi connectivity index (χ0) is 45.8. The summed E-state index contributed by atoms with van der Waals surface area (Å²) in [5.41, 5.74) is 0. The van der Waals surface area contributed by atoms with Crippen molar-refractivity contribution in [3.63, 3.8) is 0 Å². The Bertz CT molecular complexity index is 1020. The third-order valence-electron chi connectivity index (χ3n) is 12.4. The maximum absolute atomic E-state index is 12.8. The second-order valence-electron chi connectivity index (χ2n) is 18.8. The third kappa shape index (κ3) is 50.7. The first-order valence-electron chi connectivity index (χ1n) is 27.8. The van der Waals surface area contributed by atoms with Crippen LogP contribution in [0.5, 0.6) is 0 Å². The Labute approximate surface area is 392 Å². The summed E-state index contributed by atoms with van der Waals surface area (Å²) in [5, 5.41) is 0. The summed E-state index contributed by atoms with van der Waals surface area (Å²) < 4.78 is 16.8. The van der Waals surface area contributed by atoms with Gasteiger partial charge < -0.3 is 14.2 Å². The molecule has 0 aromatic rings. The molecule has 0 spiro atoms. The van der Waals surface area contributed by atoms with E-state index in [0.29, 0.717) is 19.3 Å². The molecule has 6 nitrogen and oxygen atoms in total. The topological polar surface area (TPSA) is 78.9 Å². The SMILES string of the molecule is CCCCCC/C=C\CCCCCCCC(=O)OCC(COC(=O)CCCCCCCCCCCCCCCCCCCCC)OC(=O)CCCCCCC/C=C\CCCCCC. The molecule has 0 aliphatic heterocycles. The average Bonchev–Trinajstić information content (AvgIpc) is 3.28. The van der Waals surface area contributed by atoms with E-state index in [-0.39, 0.29) is 31.1 Å². The highest BCUT2D eigenvalue weighted by atomic mass is 16.6. The van der Waals surface area contributed by atoms with Gasteiger partial charge in [-0.15, -0.1) is 0 Å². The van der Waals surface area contributed by atoms with E-state index in [0.717, 1.165) is 70.6 Å². The molecule has 0 heterocycles. The second kappa shape index (κ2) is 52.5. The molecule has 0 saturated carbocycles. The van der Waals surface area contributed by atoms with Crippen LogP contribution in [0.3, 0.4) is 0 Å². The summed E-state index contributed by atoms with van der Waals surface area (Å²) in [6.45, 7) is 6.63. The van der Waals surface area contributed by atoms with Gasteiger partial charge >= 0.3 is 17.9 Å². The fourth-order valence-corrected chi connectivity index (χ4v) is 8.20. The maximum atomic E-state index is 12.8. The Hall–Kier alpha value is -2.11. The van der Waals surface area contributed by atoms with Crippen molar-refractivity contribution in [1.29, 1.82) is 0 Å². The van der Waals surface area contributed by atoms with Gasteiger partial charge in [-0.3, -0.25) is 14.4 Å². The van der Waals surface area contributed by atoms with Gasteiger partial charge in [-0.2, -0.15) is 0 Å². The predicted octanol–water partition coefficient (Wildman–Crippen LogP) is 18.3. The maximum Gasteiger partial charge on any atom is 0.306 e. The number of hydrogen-bond donors (Lipinski definition) is 0. The van der Waals surface area contributed by atoms with Crippen LogP contribution in [0.2, 0.25) is 0 Å². The molecule has 0 saturated heterocycles. The van der Waals surface area contributed by atoms with Gasteiger partial charge in [0.05, 0.1) is 0 Å².